The fourth-order valence-corrected chi connectivity index (χ4v) is 2.99. The van der Waals surface area contributed by atoms with Gasteiger partial charge < -0.3 is 9.32 Å². The summed E-state index contributed by atoms with van der Waals surface area (Å²) in [6.45, 7) is 0.782. The first-order chi connectivity index (χ1) is 8.36. The van der Waals surface area contributed by atoms with Crippen molar-refractivity contribution in [2.75, 3.05) is 6.54 Å². The molecule has 0 bridgehead atoms. The lowest BCUT2D eigenvalue weighted by Gasteiger charge is -2.21. The van der Waals surface area contributed by atoms with E-state index in [0.717, 1.165) is 24.4 Å². The van der Waals surface area contributed by atoms with Gasteiger partial charge >= 0.3 is 0 Å². The van der Waals surface area contributed by atoms with E-state index < -0.39 is 0 Å². The highest BCUT2D eigenvalue weighted by Gasteiger charge is 2.33. The van der Waals surface area contributed by atoms with Crippen LogP contribution in [0.25, 0.3) is 0 Å². The lowest BCUT2D eigenvalue weighted by atomic mass is 10.2. The van der Waals surface area contributed by atoms with E-state index in [1.165, 1.54) is 6.26 Å². The Morgan fingerprint density at radius 3 is 3.24 bits per heavy atom. The van der Waals surface area contributed by atoms with Crippen molar-refractivity contribution in [1.29, 1.82) is 0 Å². The van der Waals surface area contributed by atoms with Gasteiger partial charge in [0.1, 0.15) is 5.01 Å². The Morgan fingerprint density at radius 1 is 1.59 bits per heavy atom. The topological polar surface area (TPSA) is 46.3 Å². The SMILES string of the molecule is O=C(c1ccco1)N1CCCC1c1nccs1. The van der Waals surface area contributed by atoms with E-state index in [2.05, 4.69) is 4.98 Å². The van der Waals surface area contributed by atoms with Crippen molar-refractivity contribution in [2.24, 2.45) is 0 Å². The zero-order valence-corrected chi connectivity index (χ0v) is 10.0. The van der Waals surface area contributed by atoms with Crippen molar-refractivity contribution in [1.82, 2.24) is 9.88 Å². The number of thiazole rings is 1. The van der Waals surface area contributed by atoms with Crippen LogP contribution in [-0.4, -0.2) is 22.3 Å². The lowest BCUT2D eigenvalue weighted by molar-refractivity contribution is 0.0703. The lowest BCUT2D eigenvalue weighted by Crippen LogP contribution is -2.30. The van der Waals surface area contributed by atoms with Crippen LogP contribution in [-0.2, 0) is 0 Å². The molecular weight excluding hydrogens is 236 g/mol. The summed E-state index contributed by atoms with van der Waals surface area (Å²) in [5, 5.41) is 2.96. The Balaban J connectivity index is 1.85. The van der Waals surface area contributed by atoms with Crippen LogP contribution in [0, 0.1) is 0 Å². The average Bonchev–Trinajstić information content (AvgIpc) is 3.09. The molecule has 2 aromatic rings. The first-order valence-electron chi connectivity index (χ1n) is 5.60. The molecule has 1 fully saturated rings. The molecule has 4 nitrogen and oxygen atoms in total. The normalized spacial score (nSPS) is 19.8. The van der Waals surface area contributed by atoms with E-state index in [4.69, 9.17) is 4.42 Å². The maximum absolute atomic E-state index is 12.2. The molecule has 88 valence electrons. The number of carbonyl (C=O) groups excluding carboxylic acids is 1. The molecule has 1 amide bonds. The molecule has 3 rings (SSSR count). The van der Waals surface area contributed by atoms with Crippen molar-refractivity contribution in [3.05, 3.63) is 40.7 Å². The highest BCUT2D eigenvalue weighted by Crippen LogP contribution is 2.33. The van der Waals surface area contributed by atoms with Crippen molar-refractivity contribution in [2.45, 2.75) is 18.9 Å². The summed E-state index contributed by atoms with van der Waals surface area (Å²) in [6.07, 6.45) is 5.33. The summed E-state index contributed by atoms with van der Waals surface area (Å²) < 4.78 is 5.17. The molecule has 0 N–H and O–H groups in total. The number of likely N-dealkylation sites (tertiary alicyclic amines) is 1. The van der Waals surface area contributed by atoms with E-state index in [9.17, 15) is 4.79 Å². The molecule has 0 spiro atoms. The van der Waals surface area contributed by atoms with Crippen LogP contribution in [0.2, 0.25) is 0 Å². The highest BCUT2D eigenvalue weighted by atomic mass is 32.1. The molecule has 17 heavy (non-hydrogen) atoms. The standard InChI is InChI=1S/C12H12N2O2S/c15-12(10-4-2-7-16-10)14-6-1-3-9(14)11-13-5-8-17-11/h2,4-5,7-9H,1,3,6H2. The molecule has 1 aliphatic rings. The van der Waals surface area contributed by atoms with Gasteiger partial charge in [-0.1, -0.05) is 0 Å². The molecule has 0 aliphatic carbocycles. The van der Waals surface area contributed by atoms with Gasteiger partial charge in [-0.2, -0.15) is 0 Å². The van der Waals surface area contributed by atoms with Gasteiger partial charge in [0, 0.05) is 18.1 Å². The van der Waals surface area contributed by atoms with Crippen LogP contribution >= 0.6 is 11.3 Å². The fourth-order valence-electron chi connectivity index (χ4n) is 2.21. The van der Waals surface area contributed by atoms with Crippen LogP contribution in [0.1, 0.15) is 34.4 Å². The Hall–Kier alpha value is -1.62. The number of hydrogen-bond acceptors (Lipinski definition) is 4. The smallest absolute Gasteiger partial charge is 0.290 e. The summed E-state index contributed by atoms with van der Waals surface area (Å²) in [6, 6.07) is 3.56. The zero-order valence-electron chi connectivity index (χ0n) is 9.20. The molecule has 0 aromatic carbocycles. The minimum Gasteiger partial charge on any atom is -0.459 e. The Morgan fingerprint density at radius 2 is 2.53 bits per heavy atom. The second-order valence-corrected chi connectivity index (χ2v) is 4.93. The van der Waals surface area contributed by atoms with Gasteiger partial charge in [0.05, 0.1) is 12.3 Å². The third kappa shape index (κ3) is 1.86. The molecular formula is C12H12N2O2S. The van der Waals surface area contributed by atoms with E-state index in [1.54, 1.807) is 29.7 Å². The van der Waals surface area contributed by atoms with E-state index in [-0.39, 0.29) is 11.9 Å². The Labute approximate surface area is 103 Å². The molecule has 1 atom stereocenters. The average molecular weight is 248 g/mol. The van der Waals surface area contributed by atoms with E-state index in [1.807, 2.05) is 10.3 Å². The van der Waals surface area contributed by atoms with Gasteiger partial charge in [-0.3, -0.25) is 4.79 Å². The predicted molar refractivity (Wildman–Crippen MR) is 63.8 cm³/mol. The summed E-state index contributed by atoms with van der Waals surface area (Å²) in [5.74, 6) is 0.376. The molecule has 0 radical (unpaired) electrons. The number of furan rings is 1. The van der Waals surface area contributed by atoms with E-state index in [0.29, 0.717) is 5.76 Å². The summed E-state index contributed by atoms with van der Waals surface area (Å²) in [7, 11) is 0. The highest BCUT2D eigenvalue weighted by molar-refractivity contribution is 7.09. The fraction of sp³-hybridized carbons (Fsp3) is 0.333. The maximum atomic E-state index is 12.2. The van der Waals surface area contributed by atoms with E-state index >= 15 is 0 Å². The van der Waals surface area contributed by atoms with Gasteiger partial charge in [-0.15, -0.1) is 11.3 Å². The van der Waals surface area contributed by atoms with Crippen molar-refractivity contribution in [3.8, 4) is 0 Å². The van der Waals surface area contributed by atoms with Crippen LogP contribution < -0.4 is 0 Å². The van der Waals surface area contributed by atoms with Gasteiger partial charge in [-0.05, 0) is 25.0 Å². The molecule has 1 aliphatic heterocycles. The summed E-state index contributed by atoms with van der Waals surface area (Å²) in [5.41, 5.74) is 0. The second-order valence-electron chi connectivity index (χ2n) is 4.00. The Kier molecular flexibility index (Phi) is 2.68. The van der Waals surface area contributed by atoms with Gasteiger partial charge in [0.2, 0.25) is 0 Å². The monoisotopic (exact) mass is 248 g/mol. The van der Waals surface area contributed by atoms with Crippen LogP contribution in [0.3, 0.4) is 0 Å². The molecule has 0 saturated carbocycles. The minimum absolute atomic E-state index is 0.0345. The molecule has 5 heteroatoms. The third-order valence-electron chi connectivity index (χ3n) is 2.98. The van der Waals surface area contributed by atoms with Gasteiger partial charge in [0.15, 0.2) is 5.76 Å². The van der Waals surface area contributed by atoms with Crippen LogP contribution in [0.4, 0.5) is 0 Å². The predicted octanol–water partition coefficient (Wildman–Crippen LogP) is 2.71. The van der Waals surface area contributed by atoms with Crippen molar-refractivity contribution in [3.63, 3.8) is 0 Å². The first-order valence-corrected chi connectivity index (χ1v) is 6.48. The quantitative estimate of drug-likeness (QED) is 0.821. The molecule has 2 aromatic heterocycles. The first kappa shape index (κ1) is 10.5. The van der Waals surface area contributed by atoms with Crippen LogP contribution in [0.15, 0.2) is 34.4 Å². The number of aromatic nitrogens is 1. The number of amides is 1. The number of hydrogen-bond donors (Lipinski definition) is 0. The van der Waals surface area contributed by atoms with Gasteiger partial charge in [-0.25, -0.2) is 4.98 Å². The second kappa shape index (κ2) is 4.33. The third-order valence-corrected chi connectivity index (χ3v) is 3.86. The minimum atomic E-state index is -0.0345. The summed E-state index contributed by atoms with van der Waals surface area (Å²) >= 11 is 1.60. The summed E-state index contributed by atoms with van der Waals surface area (Å²) in [4.78, 5) is 18.4. The van der Waals surface area contributed by atoms with Gasteiger partial charge in [0.25, 0.3) is 5.91 Å². The molecule has 3 heterocycles. The Bertz CT molecular complexity index is 493. The number of nitrogens with zero attached hydrogens (tertiary/aromatic N) is 2. The molecule has 1 unspecified atom stereocenters. The van der Waals surface area contributed by atoms with Crippen molar-refractivity contribution >= 4 is 17.2 Å². The van der Waals surface area contributed by atoms with Crippen LogP contribution in [0.5, 0.6) is 0 Å². The zero-order chi connectivity index (χ0) is 11.7. The number of carbonyl (C=O) groups is 1. The largest absolute Gasteiger partial charge is 0.459 e. The van der Waals surface area contributed by atoms with Crippen molar-refractivity contribution < 1.29 is 9.21 Å². The molecule has 1 saturated heterocycles. The maximum Gasteiger partial charge on any atom is 0.290 e. The number of rotatable bonds is 2.